The van der Waals surface area contributed by atoms with Crippen LogP contribution in [0.1, 0.15) is 10.4 Å². The molecular weight excluding hydrogens is 231 g/mol. The average Bonchev–Trinajstić information content (AvgIpc) is 1.94. The van der Waals surface area contributed by atoms with E-state index in [0.717, 1.165) is 0 Å². The Bertz CT molecular complexity index is 298. The molecular formula is C7H3BrClO2-. The van der Waals surface area contributed by atoms with Gasteiger partial charge in [-0.05, 0) is 18.2 Å². The van der Waals surface area contributed by atoms with E-state index in [4.69, 9.17) is 11.6 Å². The maximum atomic E-state index is 10.4. The summed E-state index contributed by atoms with van der Waals surface area (Å²) in [4.78, 5) is 10.4. The zero-order valence-electron chi connectivity index (χ0n) is 5.30. The highest BCUT2D eigenvalue weighted by Crippen LogP contribution is 2.19. The van der Waals surface area contributed by atoms with Gasteiger partial charge in [-0.1, -0.05) is 27.5 Å². The number of benzene rings is 1. The summed E-state index contributed by atoms with van der Waals surface area (Å²) in [5, 5.41) is 10.5. The van der Waals surface area contributed by atoms with Crippen molar-refractivity contribution in [3.63, 3.8) is 0 Å². The smallest absolute Gasteiger partial charge is 0.0730 e. The third-order valence-electron chi connectivity index (χ3n) is 1.15. The van der Waals surface area contributed by atoms with Gasteiger partial charge in [0.1, 0.15) is 0 Å². The van der Waals surface area contributed by atoms with Crippen molar-refractivity contribution >= 4 is 33.5 Å². The van der Waals surface area contributed by atoms with Crippen molar-refractivity contribution in [3.05, 3.63) is 33.3 Å². The molecule has 0 saturated heterocycles. The molecule has 1 aromatic rings. The van der Waals surface area contributed by atoms with E-state index in [-0.39, 0.29) is 10.6 Å². The lowest BCUT2D eigenvalue weighted by Gasteiger charge is -2.04. The highest BCUT2D eigenvalue weighted by atomic mass is 79.9. The molecule has 0 aliphatic rings. The summed E-state index contributed by atoms with van der Waals surface area (Å²) in [5.41, 5.74) is 0.000965. The van der Waals surface area contributed by atoms with Crippen LogP contribution < -0.4 is 5.11 Å². The molecule has 0 unspecified atom stereocenters. The Morgan fingerprint density at radius 2 is 2.18 bits per heavy atom. The largest absolute Gasteiger partial charge is 0.545 e. The molecule has 0 saturated carbocycles. The maximum Gasteiger partial charge on any atom is 0.0730 e. The van der Waals surface area contributed by atoms with Gasteiger partial charge in [0.25, 0.3) is 0 Å². The molecule has 4 heteroatoms. The van der Waals surface area contributed by atoms with Gasteiger partial charge in [0.2, 0.25) is 0 Å². The predicted octanol–water partition coefficient (Wildman–Crippen LogP) is 1.47. The zero-order valence-corrected chi connectivity index (χ0v) is 7.65. The van der Waals surface area contributed by atoms with Crippen molar-refractivity contribution < 1.29 is 9.90 Å². The van der Waals surface area contributed by atoms with Crippen LogP contribution in [-0.2, 0) is 0 Å². The number of rotatable bonds is 1. The number of hydrogen-bond acceptors (Lipinski definition) is 2. The van der Waals surface area contributed by atoms with Gasteiger partial charge in [0, 0.05) is 15.1 Å². The summed E-state index contributed by atoms with van der Waals surface area (Å²) in [6.45, 7) is 0. The number of carboxylic acids is 1. The van der Waals surface area contributed by atoms with Crippen LogP contribution in [0.15, 0.2) is 22.7 Å². The van der Waals surface area contributed by atoms with E-state index in [1.807, 2.05) is 0 Å². The SMILES string of the molecule is O=C([O-])c1cc(Br)ccc1Cl. The fourth-order valence-corrected chi connectivity index (χ4v) is 1.21. The lowest BCUT2D eigenvalue weighted by Crippen LogP contribution is -2.22. The average molecular weight is 234 g/mol. The van der Waals surface area contributed by atoms with Crippen LogP contribution in [0, 0.1) is 0 Å². The Morgan fingerprint density at radius 3 is 2.64 bits per heavy atom. The molecule has 0 atom stereocenters. The second-order valence-electron chi connectivity index (χ2n) is 1.91. The van der Waals surface area contributed by atoms with Gasteiger partial charge in [-0.2, -0.15) is 0 Å². The van der Waals surface area contributed by atoms with Crippen LogP contribution in [0.5, 0.6) is 0 Å². The lowest BCUT2D eigenvalue weighted by molar-refractivity contribution is -0.255. The Labute approximate surface area is 76.9 Å². The molecule has 0 aliphatic carbocycles. The molecule has 58 valence electrons. The van der Waals surface area contributed by atoms with Gasteiger partial charge >= 0.3 is 0 Å². The molecule has 0 bridgehead atoms. The first-order valence-corrected chi connectivity index (χ1v) is 3.95. The summed E-state index contributed by atoms with van der Waals surface area (Å²) >= 11 is 8.66. The summed E-state index contributed by atoms with van der Waals surface area (Å²) in [6.07, 6.45) is 0. The number of carbonyl (C=O) groups is 1. The Kier molecular flexibility index (Phi) is 2.52. The fourth-order valence-electron chi connectivity index (χ4n) is 0.654. The van der Waals surface area contributed by atoms with Crippen LogP contribution in [0.4, 0.5) is 0 Å². The molecule has 2 nitrogen and oxygen atoms in total. The van der Waals surface area contributed by atoms with Gasteiger partial charge in [-0.25, -0.2) is 0 Å². The molecule has 1 rings (SSSR count). The molecule has 0 spiro atoms. The van der Waals surface area contributed by atoms with Crippen LogP contribution in [0.25, 0.3) is 0 Å². The van der Waals surface area contributed by atoms with E-state index < -0.39 is 5.97 Å². The van der Waals surface area contributed by atoms with Gasteiger partial charge in [0.15, 0.2) is 0 Å². The van der Waals surface area contributed by atoms with Crippen LogP contribution in [0.3, 0.4) is 0 Å². The minimum atomic E-state index is -1.27. The maximum absolute atomic E-state index is 10.4. The number of halogens is 2. The quantitative estimate of drug-likeness (QED) is 0.738. The van der Waals surface area contributed by atoms with Crippen LogP contribution >= 0.6 is 27.5 Å². The third kappa shape index (κ3) is 1.94. The molecule has 0 N–H and O–H groups in total. The standard InChI is InChI=1S/C7H4BrClO2/c8-4-1-2-6(9)5(3-4)7(10)11/h1-3H,(H,10,11)/p-1. The molecule has 0 aromatic heterocycles. The number of carbonyl (C=O) groups excluding carboxylic acids is 1. The molecule has 0 fully saturated rings. The van der Waals surface area contributed by atoms with Crippen molar-refractivity contribution in [3.8, 4) is 0 Å². The highest BCUT2D eigenvalue weighted by Gasteiger charge is 2.00. The molecule has 0 heterocycles. The summed E-state index contributed by atoms with van der Waals surface area (Å²) < 4.78 is 0.668. The molecule has 11 heavy (non-hydrogen) atoms. The topological polar surface area (TPSA) is 40.1 Å². The normalized spacial score (nSPS) is 9.64. The van der Waals surface area contributed by atoms with Gasteiger partial charge in [0.05, 0.1) is 5.97 Å². The molecule has 1 aromatic carbocycles. The summed E-state index contributed by atoms with van der Waals surface area (Å²) in [6, 6.07) is 4.56. The second-order valence-corrected chi connectivity index (χ2v) is 3.23. The Morgan fingerprint density at radius 1 is 1.55 bits per heavy atom. The first-order valence-electron chi connectivity index (χ1n) is 2.77. The fraction of sp³-hybridized carbons (Fsp3) is 0. The highest BCUT2D eigenvalue weighted by molar-refractivity contribution is 9.10. The molecule has 0 radical (unpaired) electrons. The first-order chi connectivity index (χ1) is 5.11. The summed E-state index contributed by atoms with van der Waals surface area (Å²) in [5.74, 6) is -1.27. The Hall–Kier alpha value is -0.540. The van der Waals surface area contributed by atoms with Crippen molar-refractivity contribution in [2.45, 2.75) is 0 Å². The summed E-state index contributed by atoms with van der Waals surface area (Å²) in [7, 11) is 0. The second kappa shape index (κ2) is 3.24. The third-order valence-corrected chi connectivity index (χ3v) is 1.97. The van der Waals surface area contributed by atoms with E-state index in [1.54, 1.807) is 6.07 Å². The van der Waals surface area contributed by atoms with Crippen molar-refractivity contribution in [1.29, 1.82) is 0 Å². The minimum absolute atomic E-state index is 0.000965. The zero-order chi connectivity index (χ0) is 8.43. The van der Waals surface area contributed by atoms with Crippen molar-refractivity contribution in [2.24, 2.45) is 0 Å². The Balaban J connectivity index is 3.23. The van der Waals surface area contributed by atoms with E-state index >= 15 is 0 Å². The number of carboxylic acid groups (broad SMARTS) is 1. The molecule has 0 amide bonds. The molecule has 0 aliphatic heterocycles. The van der Waals surface area contributed by atoms with E-state index in [1.165, 1.54) is 12.1 Å². The number of aromatic carboxylic acids is 1. The van der Waals surface area contributed by atoms with Gasteiger partial charge in [-0.3, -0.25) is 0 Å². The lowest BCUT2D eigenvalue weighted by atomic mass is 10.2. The monoisotopic (exact) mass is 233 g/mol. The predicted molar refractivity (Wildman–Crippen MR) is 43.5 cm³/mol. The van der Waals surface area contributed by atoms with Crippen LogP contribution in [0.2, 0.25) is 5.02 Å². The van der Waals surface area contributed by atoms with Gasteiger partial charge < -0.3 is 9.90 Å². The van der Waals surface area contributed by atoms with E-state index in [9.17, 15) is 9.90 Å². The number of hydrogen-bond donors (Lipinski definition) is 0. The van der Waals surface area contributed by atoms with E-state index in [2.05, 4.69) is 15.9 Å². The van der Waals surface area contributed by atoms with Crippen LogP contribution in [-0.4, -0.2) is 5.97 Å². The first kappa shape index (κ1) is 8.56. The van der Waals surface area contributed by atoms with Gasteiger partial charge in [-0.15, -0.1) is 0 Å². The minimum Gasteiger partial charge on any atom is -0.545 e. The van der Waals surface area contributed by atoms with Crippen molar-refractivity contribution in [2.75, 3.05) is 0 Å². The van der Waals surface area contributed by atoms with E-state index in [0.29, 0.717) is 4.47 Å². The van der Waals surface area contributed by atoms with Crippen molar-refractivity contribution in [1.82, 2.24) is 0 Å².